The number of carbonyl (C=O) groups is 1. The molecule has 0 spiro atoms. The maximum Gasteiger partial charge on any atom is 0.324 e. The van der Waals surface area contributed by atoms with Crippen LogP contribution < -0.4 is 0 Å². The van der Waals surface area contributed by atoms with Crippen LogP contribution in [0, 0.1) is 5.82 Å². The minimum atomic E-state index is -0.769. The second-order valence-corrected chi connectivity index (χ2v) is 5.46. The van der Waals surface area contributed by atoms with Crippen LogP contribution in [0.2, 0.25) is 0 Å². The molecular formula is C16H22FNO2. The highest BCUT2D eigenvalue weighted by molar-refractivity contribution is 5.79. The third-order valence-corrected chi connectivity index (χ3v) is 4.54. The Morgan fingerprint density at radius 3 is 2.55 bits per heavy atom. The molecule has 1 fully saturated rings. The Balaban J connectivity index is 2.35. The second kappa shape index (κ2) is 5.92. The van der Waals surface area contributed by atoms with E-state index in [1.807, 2.05) is 6.92 Å². The molecule has 110 valence electrons. The average molecular weight is 279 g/mol. The Morgan fingerprint density at radius 2 is 2.05 bits per heavy atom. The lowest BCUT2D eigenvalue weighted by Crippen LogP contribution is -2.51. The van der Waals surface area contributed by atoms with Gasteiger partial charge in [-0.15, -0.1) is 0 Å². The maximum atomic E-state index is 13.1. The van der Waals surface area contributed by atoms with Crippen molar-refractivity contribution in [3.63, 3.8) is 0 Å². The molecule has 1 heterocycles. The molecule has 0 amide bonds. The lowest BCUT2D eigenvalue weighted by molar-refractivity contribution is -0.151. The Hall–Kier alpha value is -1.42. The van der Waals surface area contributed by atoms with E-state index in [2.05, 4.69) is 11.8 Å². The van der Waals surface area contributed by atoms with Crippen molar-refractivity contribution >= 4 is 5.97 Å². The summed E-state index contributed by atoms with van der Waals surface area (Å²) < 4.78 is 13.1. The van der Waals surface area contributed by atoms with Crippen LogP contribution in [0.4, 0.5) is 4.39 Å². The fourth-order valence-electron chi connectivity index (χ4n) is 3.44. The van der Waals surface area contributed by atoms with E-state index in [0.717, 1.165) is 24.9 Å². The van der Waals surface area contributed by atoms with Crippen molar-refractivity contribution in [2.24, 2.45) is 0 Å². The Labute approximate surface area is 119 Å². The van der Waals surface area contributed by atoms with Crippen LogP contribution in [0.25, 0.3) is 0 Å². The number of aliphatic carboxylic acids is 1. The first-order valence-corrected chi connectivity index (χ1v) is 7.30. The van der Waals surface area contributed by atoms with Gasteiger partial charge in [-0.25, -0.2) is 4.39 Å². The molecule has 0 radical (unpaired) electrons. The molecule has 1 aromatic rings. The van der Waals surface area contributed by atoms with Crippen LogP contribution in [-0.2, 0) is 4.79 Å². The molecule has 3 nitrogen and oxygen atoms in total. The van der Waals surface area contributed by atoms with Gasteiger partial charge in [-0.1, -0.05) is 26.0 Å². The largest absolute Gasteiger partial charge is 0.480 e. The van der Waals surface area contributed by atoms with E-state index in [1.54, 1.807) is 12.1 Å². The van der Waals surface area contributed by atoms with Crippen molar-refractivity contribution < 1.29 is 14.3 Å². The zero-order valence-electron chi connectivity index (χ0n) is 12.1. The van der Waals surface area contributed by atoms with E-state index in [-0.39, 0.29) is 11.9 Å². The Bertz CT molecular complexity index is 474. The summed E-state index contributed by atoms with van der Waals surface area (Å²) in [4.78, 5) is 13.9. The third kappa shape index (κ3) is 2.44. The van der Waals surface area contributed by atoms with Crippen molar-refractivity contribution in [1.82, 2.24) is 4.90 Å². The van der Waals surface area contributed by atoms with E-state index in [1.165, 1.54) is 12.1 Å². The van der Waals surface area contributed by atoms with E-state index < -0.39 is 11.5 Å². The highest BCUT2D eigenvalue weighted by atomic mass is 19.1. The molecule has 1 aromatic carbocycles. The summed E-state index contributed by atoms with van der Waals surface area (Å²) in [6.45, 7) is 4.77. The van der Waals surface area contributed by atoms with Crippen molar-refractivity contribution in [1.29, 1.82) is 0 Å². The smallest absolute Gasteiger partial charge is 0.324 e. The average Bonchev–Trinajstić information content (AvgIpc) is 2.87. The van der Waals surface area contributed by atoms with Gasteiger partial charge in [0.15, 0.2) is 0 Å². The zero-order chi connectivity index (χ0) is 14.8. The summed E-state index contributed by atoms with van der Waals surface area (Å²) >= 11 is 0. The molecule has 1 saturated heterocycles. The summed E-state index contributed by atoms with van der Waals surface area (Å²) in [6.07, 6.45) is 3.01. The lowest BCUT2D eigenvalue weighted by atomic mass is 9.90. The number of halogens is 1. The number of nitrogens with zero attached hydrogens (tertiary/aromatic N) is 1. The maximum absolute atomic E-state index is 13.1. The van der Waals surface area contributed by atoms with Crippen molar-refractivity contribution in [3.05, 3.63) is 35.6 Å². The predicted molar refractivity (Wildman–Crippen MR) is 76.0 cm³/mol. The van der Waals surface area contributed by atoms with Crippen molar-refractivity contribution in [2.75, 3.05) is 6.54 Å². The van der Waals surface area contributed by atoms with Crippen LogP contribution in [0.5, 0.6) is 0 Å². The van der Waals surface area contributed by atoms with E-state index >= 15 is 0 Å². The van der Waals surface area contributed by atoms with Crippen LogP contribution >= 0.6 is 0 Å². The molecule has 0 aromatic heterocycles. The highest BCUT2D eigenvalue weighted by Crippen LogP contribution is 2.40. The Morgan fingerprint density at radius 1 is 1.40 bits per heavy atom. The number of likely N-dealkylation sites (tertiary alicyclic amines) is 1. The predicted octanol–water partition coefficient (Wildman–Crippen LogP) is 3.61. The number of rotatable bonds is 5. The summed E-state index contributed by atoms with van der Waals surface area (Å²) in [5.74, 6) is -0.997. The molecule has 20 heavy (non-hydrogen) atoms. The Kier molecular flexibility index (Phi) is 4.43. The number of hydrogen-bond acceptors (Lipinski definition) is 2. The third-order valence-electron chi connectivity index (χ3n) is 4.54. The van der Waals surface area contributed by atoms with Gasteiger partial charge in [0.25, 0.3) is 0 Å². The normalized spacial score (nSPS) is 24.8. The van der Waals surface area contributed by atoms with Gasteiger partial charge in [-0.2, -0.15) is 0 Å². The van der Waals surface area contributed by atoms with Crippen LogP contribution in [0.3, 0.4) is 0 Å². The minimum absolute atomic E-state index is 0.0362. The fraction of sp³-hybridized carbons (Fsp3) is 0.562. The van der Waals surface area contributed by atoms with E-state index in [0.29, 0.717) is 12.8 Å². The summed E-state index contributed by atoms with van der Waals surface area (Å²) in [7, 11) is 0. The number of hydrogen-bond donors (Lipinski definition) is 1. The van der Waals surface area contributed by atoms with Gasteiger partial charge in [-0.05, 0) is 49.9 Å². The van der Waals surface area contributed by atoms with Gasteiger partial charge in [0.1, 0.15) is 11.4 Å². The standard InChI is InChI=1S/C16H22FNO2/c1-3-14(12-6-8-13(17)9-7-12)18-11-5-10-16(18,4-2)15(19)20/h6-9,14H,3-5,10-11H2,1-2H3,(H,19,20). The minimum Gasteiger partial charge on any atom is -0.480 e. The highest BCUT2D eigenvalue weighted by Gasteiger charge is 2.48. The molecular weight excluding hydrogens is 257 g/mol. The molecule has 2 unspecified atom stereocenters. The van der Waals surface area contributed by atoms with E-state index in [9.17, 15) is 14.3 Å². The molecule has 2 atom stereocenters. The van der Waals surface area contributed by atoms with Gasteiger partial charge < -0.3 is 5.11 Å². The first-order valence-electron chi connectivity index (χ1n) is 7.30. The van der Waals surface area contributed by atoms with Crippen LogP contribution in [-0.4, -0.2) is 28.1 Å². The molecule has 4 heteroatoms. The molecule has 1 aliphatic heterocycles. The SMILES string of the molecule is CCC(c1ccc(F)cc1)N1CCCC1(CC)C(=O)O. The first kappa shape index (κ1) is 15.0. The number of benzene rings is 1. The monoisotopic (exact) mass is 279 g/mol. The molecule has 0 bridgehead atoms. The van der Waals surface area contributed by atoms with E-state index in [4.69, 9.17) is 0 Å². The zero-order valence-corrected chi connectivity index (χ0v) is 12.1. The molecule has 1 N–H and O–H groups in total. The van der Waals surface area contributed by atoms with Crippen LogP contribution in [0.15, 0.2) is 24.3 Å². The van der Waals surface area contributed by atoms with Gasteiger partial charge in [-0.3, -0.25) is 9.69 Å². The summed E-state index contributed by atoms with van der Waals surface area (Å²) in [5, 5.41) is 9.67. The molecule has 2 rings (SSSR count). The molecule has 1 aliphatic rings. The van der Waals surface area contributed by atoms with Gasteiger partial charge in [0, 0.05) is 6.04 Å². The quantitative estimate of drug-likeness (QED) is 0.895. The molecule has 0 saturated carbocycles. The van der Waals surface area contributed by atoms with Crippen LogP contribution in [0.1, 0.15) is 51.1 Å². The van der Waals surface area contributed by atoms with Crippen molar-refractivity contribution in [3.8, 4) is 0 Å². The summed E-state index contributed by atoms with van der Waals surface area (Å²) in [5.41, 5.74) is 0.226. The summed E-state index contributed by atoms with van der Waals surface area (Å²) in [6, 6.07) is 6.47. The van der Waals surface area contributed by atoms with Gasteiger partial charge in [0.2, 0.25) is 0 Å². The number of carboxylic acid groups (broad SMARTS) is 1. The second-order valence-electron chi connectivity index (χ2n) is 5.46. The number of carboxylic acids is 1. The molecule has 0 aliphatic carbocycles. The topological polar surface area (TPSA) is 40.5 Å². The van der Waals surface area contributed by atoms with Crippen molar-refractivity contribution in [2.45, 2.75) is 51.1 Å². The van der Waals surface area contributed by atoms with Gasteiger partial charge in [0.05, 0.1) is 0 Å². The fourth-order valence-corrected chi connectivity index (χ4v) is 3.44. The van der Waals surface area contributed by atoms with Gasteiger partial charge >= 0.3 is 5.97 Å². The lowest BCUT2D eigenvalue weighted by Gasteiger charge is -2.39. The first-order chi connectivity index (χ1) is 9.55.